The van der Waals surface area contributed by atoms with E-state index in [0.717, 1.165) is 12.1 Å². The van der Waals surface area contributed by atoms with Crippen LogP contribution in [0.15, 0.2) is 35.3 Å². The molecule has 1 amide bonds. The fourth-order valence-electron chi connectivity index (χ4n) is 6.50. The average molecular weight is 570 g/mol. The minimum atomic E-state index is -0.999. The molecule has 10 nitrogen and oxygen atoms in total. The monoisotopic (exact) mass is 569 g/mol. The zero-order chi connectivity index (χ0) is 30.6. The Balaban J connectivity index is 1.54. The van der Waals surface area contributed by atoms with Gasteiger partial charge in [0, 0.05) is 34.6 Å². The van der Waals surface area contributed by atoms with E-state index in [9.17, 15) is 19.6 Å². The third-order valence-electron chi connectivity index (χ3n) is 8.93. The Labute approximate surface area is 245 Å². The maximum Gasteiger partial charge on any atom is 0.252 e. The van der Waals surface area contributed by atoms with E-state index in [4.69, 9.17) is 0 Å². The van der Waals surface area contributed by atoms with Gasteiger partial charge in [-0.05, 0) is 61.3 Å². The largest absolute Gasteiger partial charge is 0.359 e. The predicted molar refractivity (Wildman–Crippen MR) is 161 cm³/mol. The molecule has 2 aromatic heterocycles. The molecule has 4 N–H and O–H groups in total. The summed E-state index contributed by atoms with van der Waals surface area (Å²) < 4.78 is 0. The number of carbonyl (C=O) groups is 2. The lowest BCUT2D eigenvalue weighted by atomic mass is 9.80. The van der Waals surface area contributed by atoms with Gasteiger partial charge in [0.1, 0.15) is 17.7 Å². The Morgan fingerprint density at radius 3 is 2.57 bits per heavy atom. The van der Waals surface area contributed by atoms with Crippen molar-refractivity contribution >= 4 is 28.4 Å². The summed E-state index contributed by atoms with van der Waals surface area (Å²) in [6.45, 7) is 14.6. The van der Waals surface area contributed by atoms with Crippen LogP contribution in [-0.2, 0) is 11.2 Å². The molecule has 2 fully saturated rings. The number of anilines is 1. The highest BCUT2D eigenvalue weighted by molar-refractivity contribution is 6.12. The molecule has 1 saturated carbocycles. The Kier molecular flexibility index (Phi) is 7.44. The summed E-state index contributed by atoms with van der Waals surface area (Å²) in [5, 5.41) is 20.1. The molecule has 10 heteroatoms. The number of H-pyrrole nitrogens is 1. The van der Waals surface area contributed by atoms with Crippen LogP contribution in [0.5, 0.6) is 0 Å². The summed E-state index contributed by atoms with van der Waals surface area (Å²) in [6, 6.07) is 7.23. The van der Waals surface area contributed by atoms with Gasteiger partial charge < -0.3 is 20.9 Å². The fraction of sp³-hybridized carbons (Fsp3) is 0.500. The van der Waals surface area contributed by atoms with E-state index in [1.807, 2.05) is 39.8 Å². The van der Waals surface area contributed by atoms with Crippen molar-refractivity contribution in [3.63, 3.8) is 0 Å². The van der Waals surface area contributed by atoms with Crippen LogP contribution < -0.4 is 21.5 Å². The van der Waals surface area contributed by atoms with Crippen LogP contribution in [0.4, 0.5) is 5.82 Å². The number of amides is 1. The zero-order valence-electron chi connectivity index (χ0n) is 25.3. The Bertz CT molecular complexity index is 1660. The lowest BCUT2D eigenvalue weighted by molar-refractivity contribution is -0.123. The average Bonchev–Trinajstić information content (AvgIpc) is 3.23. The zero-order valence-corrected chi connectivity index (χ0v) is 25.3. The molecule has 1 aliphatic carbocycles. The molecule has 0 radical (unpaired) electrons. The quantitative estimate of drug-likeness (QED) is 0.301. The van der Waals surface area contributed by atoms with Gasteiger partial charge >= 0.3 is 0 Å². The van der Waals surface area contributed by atoms with E-state index in [1.54, 1.807) is 25.3 Å². The number of aromatic amines is 1. The third-order valence-corrected chi connectivity index (χ3v) is 8.93. The molecule has 5 unspecified atom stereocenters. The van der Waals surface area contributed by atoms with Crippen molar-refractivity contribution in [1.29, 1.82) is 5.26 Å². The van der Waals surface area contributed by atoms with E-state index < -0.39 is 23.1 Å². The Hall–Kier alpha value is -4.10. The number of nitrogens with zero attached hydrogens (tertiary/aromatic N) is 3. The second kappa shape index (κ2) is 10.6. The summed E-state index contributed by atoms with van der Waals surface area (Å²) in [5.74, 6) is 1.15. The molecule has 3 heterocycles. The highest BCUT2D eigenvalue weighted by Gasteiger charge is 2.65. The number of nitriles is 1. The second-order valence-corrected chi connectivity index (χ2v) is 13.4. The van der Waals surface area contributed by atoms with Crippen LogP contribution in [-0.4, -0.2) is 51.3 Å². The minimum absolute atomic E-state index is 0.0829. The van der Waals surface area contributed by atoms with Crippen LogP contribution in [0.1, 0.15) is 61.9 Å². The normalized spacial score (nSPS) is 22.1. The summed E-state index contributed by atoms with van der Waals surface area (Å²) >= 11 is 0. The highest BCUT2D eigenvalue weighted by atomic mass is 16.2. The number of rotatable bonds is 8. The lowest BCUT2D eigenvalue weighted by Gasteiger charge is -2.31. The topological polar surface area (TPSA) is 153 Å². The van der Waals surface area contributed by atoms with Crippen LogP contribution in [0.2, 0.25) is 0 Å². The summed E-state index contributed by atoms with van der Waals surface area (Å²) in [7, 11) is 0. The number of piperidine rings is 1. The summed E-state index contributed by atoms with van der Waals surface area (Å²) in [5.41, 5.74) is 0.905. The summed E-state index contributed by atoms with van der Waals surface area (Å²) in [6.07, 6.45) is 1.51. The number of Topliss-reactive ketones (excluding diaryl/α,β-unsaturated/α-hetero) is 1. The number of benzene rings is 1. The number of hydrogen-bond donors (Lipinski definition) is 4. The van der Waals surface area contributed by atoms with Crippen molar-refractivity contribution in [3.05, 3.63) is 63.3 Å². The Morgan fingerprint density at radius 1 is 1.21 bits per heavy atom. The predicted octanol–water partition coefficient (Wildman–Crippen LogP) is 3.44. The van der Waals surface area contributed by atoms with Gasteiger partial charge in [-0.2, -0.15) is 5.26 Å². The van der Waals surface area contributed by atoms with Gasteiger partial charge in [0.2, 0.25) is 5.91 Å². The maximum atomic E-state index is 14.6. The summed E-state index contributed by atoms with van der Waals surface area (Å²) in [4.78, 5) is 52.9. The van der Waals surface area contributed by atoms with Crippen molar-refractivity contribution in [2.24, 2.45) is 22.7 Å². The van der Waals surface area contributed by atoms with Crippen LogP contribution in [0, 0.1) is 47.8 Å². The molecule has 42 heavy (non-hydrogen) atoms. The first-order chi connectivity index (χ1) is 19.7. The molecule has 5 atom stereocenters. The number of nitrogens with one attached hydrogen (secondary N) is 4. The van der Waals surface area contributed by atoms with Crippen LogP contribution in [0.3, 0.4) is 0 Å². The Morgan fingerprint density at radius 2 is 1.95 bits per heavy atom. The first-order valence-electron chi connectivity index (χ1n) is 14.4. The third kappa shape index (κ3) is 5.41. The van der Waals surface area contributed by atoms with Gasteiger partial charge in [-0.25, -0.2) is 9.97 Å². The molecule has 1 aliphatic heterocycles. The van der Waals surface area contributed by atoms with Crippen molar-refractivity contribution in [2.75, 3.05) is 11.9 Å². The molecule has 1 aromatic carbocycles. The van der Waals surface area contributed by atoms with E-state index in [2.05, 4.69) is 50.8 Å². The highest BCUT2D eigenvalue weighted by Crippen LogP contribution is 2.62. The van der Waals surface area contributed by atoms with Crippen molar-refractivity contribution in [3.8, 4) is 6.07 Å². The number of aryl methyl sites for hydroxylation is 2. The molecule has 0 bridgehead atoms. The number of ketones is 1. The van der Waals surface area contributed by atoms with Crippen molar-refractivity contribution in [1.82, 2.24) is 25.6 Å². The first kappa shape index (κ1) is 29.4. The van der Waals surface area contributed by atoms with Gasteiger partial charge in [-0.15, -0.1) is 0 Å². The molecule has 220 valence electrons. The SMILES string of the molecule is Cc1ccc2[nH]c(=O)c(CC(C#N)NC(=O)C3NCC4C3C4(C)C)c(C(=O)C(Nc3ccnc(C)n3)C(C)(C)C)c2c1. The molecular formula is C32H39N7O3. The smallest absolute Gasteiger partial charge is 0.252 e. The van der Waals surface area contributed by atoms with Crippen LogP contribution >= 0.6 is 0 Å². The lowest BCUT2D eigenvalue weighted by Crippen LogP contribution is -2.49. The van der Waals surface area contributed by atoms with E-state index in [-0.39, 0.29) is 46.6 Å². The van der Waals surface area contributed by atoms with E-state index >= 15 is 0 Å². The molecule has 2 aliphatic rings. The number of fused-ring (bicyclic) bond motifs is 2. The standard InChI is InChI=1S/C32H39N7O3/c1-16-8-9-22-19(12-16)24(27(40)28(31(3,4)5)39-23-10-11-34-17(2)36-23)20(29(41)38-22)13-18(14-33)37-30(42)26-25-21(15-35-26)32(25,6)7/h8-12,18,21,25-26,28,35H,13,15H2,1-7H3,(H,37,42)(H,38,41)(H,34,36,39). The molecular weight excluding hydrogens is 530 g/mol. The van der Waals surface area contributed by atoms with E-state index in [0.29, 0.717) is 28.5 Å². The molecule has 1 saturated heterocycles. The van der Waals surface area contributed by atoms with Gasteiger partial charge in [-0.3, -0.25) is 14.4 Å². The number of hydrogen-bond acceptors (Lipinski definition) is 8. The van der Waals surface area contributed by atoms with Crippen molar-refractivity contribution in [2.45, 2.75) is 73.0 Å². The molecule has 3 aromatic rings. The minimum Gasteiger partial charge on any atom is -0.359 e. The second-order valence-electron chi connectivity index (χ2n) is 13.4. The van der Waals surface area contributed by atoms with Gasteiger partial charge in [0.25, 0.3) is 5.56 Å². The number of pyridine rings is 1. The number of carbonyl (C=O) groups excluding carboxylic acids is 2. The fourth-order valence-corrected chi connectivity index (χ4v) is 6.50. The van der Waals surface area contributed by atoms with Crippen LogP contribution in [0.25, 0.3) is 10.9 Å². The maximum absolute atomic E-state index is 14.6. The van der Waals surface area contributed by atoms with Gasteiger partial charge in [-0.1, -0.05) is 46.2 Å². The van der Waals surface area contributed by atoms with Gasteiger partial charge in [0.15, 0.2) is 5.78 Å². The number of aromatic nitrogens is 3. The van der Waals surface area contributed by atoms with Crippen molar-refractivity contribution < 1.29 is 9.59 Å². The first-order valence-corrected chi connectivity index (χ1v) is 14.4. The van der Waals surface area contributed by atoms with E-state index in [1.165, 1.54) is 0 Å². The molecule has 5 rings (SSSR count). The molecule has 0 spiro atoms. The van der Waals surface area contributed by atoms with Gasteiger partial charge in [0.05, 0.1) is 18.2 Å².